The molecule has 0 amide bonds. The van der Waals surface area contributed by atoms with Crippen LogP contribution in [0.5, 0.6) is 0 Å². The first-order chi connectivity index (χ1) is 15.6. The summed E-state index contributed by atoms with van der Waals surface area (Å²) < 4.78 is 0. The van der Waals surface area contributed by atoms with Gasteiger partial charge in [0.25, 0.3) is 0 Å². The highest BCUT2D eigenvalue weighted by Crippen LogP contribution is 2.61. The van der Waals surface area contributed by atoms with Gasteiger partial charge in [-0.05, 0) is 41.5 Å². The summed E-state index contributed by atoms with van der Waals surface area (Å²) in [5.74, 6) is 0.513. The zero-order chi connectivity index (χ0) is 23.4. The first-order valence-corrected chi connectivity index (χ1v) is 20.3. The lowest BCUT2D eigenvalue weighted by atomic mass is 9.61. The largest absolute Gasteiger partial charge is 0.0804 e. The van der Waals surface area contributed by atoms with Gasteiger partial charge in [0.05, 0.1) is 16.1 Å². The highest BCUT2D eigenvalue weighted by atomic mass is 28.3. The predicted molar refractivity (Wildman–Crippen MR) is 152 cm³/mol. The van der Waals surface area contributed by atoms with Gasteiger partial charge < -0.3 is 0 Å². The molecule has 0 heterocycles. The summed E-state index contributed by atoms with van der Waals surface area (Å²) in [6, 6.07) is 15.2. The van der Waals surface area contributed by atoms with Gasteiger partial charge in [-0.15, -0.1) is 0 Å². The molecule has 33 heavy (non-hydrogen) atoms. The SMILES string of the molecule is C[Si](C)(C)c1ccc2c(c1)C(C1(C3=CC=CC3)CCCCCC1)c1cc([Si](C)(C)C)ccc1-2. The Labute approximate surface area is 204 Å². The summed E-state index contributed by atoms with van der Waals surface area (Å²) >= 11 is 0. The van der Waals surface area contributed by atoms with Crippen molar-refractivity contribution in [3.63, 3.8) is 0 Å². The van der Waals surface area contributed by atoms with Gasteiger partial charge in [-0.3, -0.25) is 0 Å². The highest BCUT2D eigenvalue weighted by molar-refractivity contribution is 6.89. The van der Waals surface area contributed by atoms with E-state index in [2.05, 4.69) is 93.9 Å². The minimum absolute atomic E-state index is 0.274. The standard InChI is InChI=1S/C31H42Si2/c1-32(2,3)24-15-17-26-27-18-16-25(33(4,5)6)22-29(27)30(28(26)21-24)31(23-13-9-10-14-23)19-11-7-8-12-20-31/h9-10,13,15-18,21-22,30H,7-8,11-12,14,19-20H2,1-6H3. The second-order valence-corrected chi connectivity index (χ2v) is 23.1. The molecule has 2 heteroatoms. The Balaban J connectivity index is 1.78. The van der Waals surface area contributed by atoms with Crippen molar-refractivity contribution in [1.29, 1.82) is 0 Å². The Hall–Kier alpha value is -1.65. The van der Waals surface area contributed by atoms with E-state index in [4.69, 9.17) is 0 Å². The number of benzene rings is 2. The van der Waals surface area contributed by atoms with Crippen molar-refractivity contribution in [3.05, 3.63) is 71.3 Å². The molecule has 3 aliphatic rings. The number of allylic oxidation sites excluding steroid dienone is 4. The fourth-order valence-corrected chi connectivity index (χ4v) is 9.10. The fourth-order valence-electron chi connectivity index (χ4n) is 6.76. The van der Waals surface area contributed by atoms with E-state index in [1.807, 2.05) is 0 Å². The first-order valence-electron chi connectivity index (χ1n) is 13.3. The molecular weight excluding hydrogens is 429 g/mol. The van der Waals surface area contributed by atoms with E-state index in [0.717, 1.165) is 6.42 Å². The van der Waals surface area contributed by atoms with Gasteiger partial charge in [0, 0.05) is 11.3 Å². The van der Waals surface area contributed by atoms with Crippen molar-refractivity contribution in [2.75, 3.05) is 0 Å². The Bertz CT molecular complexity index is 1050. The molecule has 3 aliphatic carbocycles. The van der Waals surface area contributed by atoms with Crippen molar-refractivity contribution in [3.8, 4) is 11.1 Å². The molecule has 0 atom stereocenters. The van der Waals surface area contributed by atoms with E-state index in [1.54, 1.807) is 27.1 Å². The molecule has 2 aromatic rings. The third-order valence-corrected chi connectivity index (χ3v) is 12.8. The van der Waals surface area contributed by atoms with Gasteiger partial charge in [0.15, 0.2) is 0 Å². The molecule has 1 saturated carbocycles. The highest BCUT2D eigenvalue weighted by Gasteiger charge is 2.47. The maximum absolute atomic E-state index is 2.66. The second-order valence-electron chi connectivity index (χ2n) is 12.9. The van der Waals surface area contributed by atoms with Crippen LogP contribution < -0.4 is 10.4 Å². The predicted octanol–water partition coefficient (Wildman–Crippen LogP) is 8.12. The molecule has 0 saturated heterocycles. The van der Waals surface area contributed by atoms with Crippen LogP contribution in [-0.4, -0.2) is 16.1 Å². The average molecular weight is 471 g/mol. The van der Waals surface area contributed by atoms with E-state index in [-0.39, 0.29) is 5.41 Å². The summed E-state index contributed by atoms with van der Waals surface area (Å²) in [6.07, 6.45) is 16.6. The van der Waals surface area contributed by atoms with E-state index in [1.165, 1.54) is 49.7 Å². The molecule has 1 fully saturated rings. The van der Waals surface area contributed by atoms with Crippen molar-refractivity contribution in [2.24, 2.45) is 5.41 Å². The maximum Gasteiger partial charge on any atom is 0.0776 e. The fraction of sp³-hybridized carbons (Fsp3) is 0.484. The Morgan fingerprint density at radius 2 is 1.21 bits per heavy atom. The van der Waals surface area contributed by atoms with Gasteiger partial charge in [0.1, 0.15) is 0 Å². The summed E-state index contributed by atoms with van der Waals surface area (Å²) in [6.45, 7) is 15.0. The number of hydrogen-bond donors (Lipinski definition) is 0. The molecule has 0 aliphatic heterocycles. The smallest absolute Gasteiger partial charge is 0.0776 e. The van der Waals surface area contributed by atoms with Gasteiger partial charge in [-0.25, -0.2) is 0 Å². The topological polar surface area (TPSA) is 0 Å². The lowest BCUT2D eigenvalue weighted by Gasteiger charge is -2.42. The summed E-state index contributed by atoms with van der Waals surface area (Å²) in [5.41, 5.74) is 8.32. The minimum Gasteiger partial charge on any atom is -0.0804 e. The molecule has 0 N–H and O–H groups in total. The van der Waals surface area contributed by atoms with E-state index in [9.17, 15) is 0 Å². The maximum atomic E-state index is 2.66. The van der Waals surface area contributed by atoms with Crippen LogP contribution in [0.25, 0.3) is 11.1 Å². The van der Waals surface area contributed by atoms with Crippen molar-refractivity contribution >= 4 is 26.5 Å². The molecule has 0 nitrogen and oxygen atoms in total. The zero-order valence-electron chi connectivity index (χ0n) is 21.7. The average Bonchev–Trinajstić information content (AvgIpc) is 3.33. The molecule has 5 rings (SSSR count). The van der Waals surface area contributed by atoms with E-state index < -0.39 is 16.1 Å². The minimum atomic E-state index is -1.39. The first kappa shape index (κ1) is 23.1. The van der Waals surface area contributed by atoms with Gasteiger partial charge in [-0.2, -0.15) is 0 Å². The molecule has 0 unspecified atom stereocenters. The summed E-state index contributed by atoms with van der Waals surface area (Å²) in [7, 11) is -2.77. The van der Waals surface area contributed by atoms with E-state index >= 15 is 0 Å². The second kappa shape index (κ2) is 8.24. The number of fused-ring (bicyclic) bond motifs is 3. The van der Waals surface area contributed by atoms with Gasteiger partial charge >= 0.3 is 0 Å². The quantitative estimate of drug-likeness (QED) is 0.312. The van der Waals surface area contributed by atoms with Crippen LogP contribution in [0.3, 0.4) is 0 Å². The third kappa shape index (κ3) is 3.97. The van der Waals surface area contributed by atoms with Crippen molar-refractivity contribution in [1.82, 2.24) is 0 Å². The van der Waals surface area contributed by atoms with E-state index in [0.29, 0.717) is 5.92 Å². The van der Waals surface area contributed by atoms with Crippen LogP contribution >= 0.6 is 0 Å². The Kier molecular flexibility index (Phi) is 5.77. The summed E-state index contributed by atoms with van der Waals surface area (Å²) in [4.78, 5) is 0. The van der Waals surface area contributed by atoms with Crippen molar-refractivity contribution in [2.45, 2.75) is 90.1 Å². The number of hydrogen-bond acceptors (Lipinski definition) is 0. The number of rotatable bonds is 4. The van der Waals surface area contributed by atoms with Gasteiger partial charge in [0.2, 0.25) is 0 Å². The molecule has 174 valence electrons. The zero-order valence-corrected chi connectivity index (χ0v) is 23.7. The summed E-state index contributed by atoms with van der Waals surface area (Å²) in [5, 5.41) is 3.23. The van der Waals surface area contributed by atoms with Crippen molar-refractivity contribution < 1.29 is 0 Å². The molecular formula is C31H42Si2. The molecule has 0 radical (unpaired) electrons. The molecule has 2 aromatic carbocycles. The van der Waals surface area contributed by atoms with Crippen LogP contribution in [0.4, 0.5) is 0 Å². The monoisotopic (exact) mass is 470 g/mol. The van der Waals surface area contributed by atoms with Crippen LogP contribution in [0.1, 0.15) is 62.0 Å². The molecule has 0 bridgehead atoms. The molecule has 0 aromatic heterocycles. The lowest BCUT2D eigenvalue weighted by molar-refractivity contribution is 0.266. The van der Waals surface area contributed by atoms with Crippen LogP contribution in [0.2, 0.25) is 39.3 Å². The van der Waals surface area contributed by atoms with Crippen LogP contribution in [0.15, 0.2) is 60.2 Å². The molecule has 0 spiro atoms. The Morgan fingerprint density at radius 3 is 1.64 bits per heavy atom. The van der Waals surface area contributed by atoms with Crippen LogP contribution in [0, 0.1) is 5.41 Å². The third-order valence-electron chi connectivity index (χ3n) is 8.71. The van der Waals surface area contributed by atoms with Gasteiger partial charge in [-0.1, -0.05) is 136 Å². The Morgan fingerprint density at radius 1 is 0.697 bits per heavy atom. The van der Waals surface area contributed by atoms with Crippen LogP contribution in [-0.2, 0) is 0 Å². The normalized spacial score (nSPS) is 20.4. The lowest BCUT2D eigenvalue weighted by Crippen LogP contribution is -2.39.